The lowest BCUT2D eigenvalue weighted by molar-refractivity contribution is -0.137. The van der Waals surface area contributed by atoms with E-state index in [1.807, 2.05) is 13.8 Å². The second-order valence-electron chi connectivity index (χ2n) is 6.03. The Morgan fingerprint density at radius 3 is 2.52 bits per heavy atom. The SMILES string of the molecule is CC(C)c1noc(CCC(=O)NC(C)(C)CCC(=O)O)n1. The number of nitrogens with zero attached hydrogens (tertiary/aromatic N) is 2. The number of aromatic nitrogens is 2. The quantitative estimate of drug-likeness (QED) is 0.759. The van der Waals surface area contributed by atoms with E-state index >= 15 is 0 Å². The third-order valence-corrected chi connectivity index (χ3v) is 3.01. The number of amides is 1. The molecule has 0 aliphatic heterocycles. The van der Waals surface area contributed by atoms with E-state index in [1.165, 1.54) is 0 Å². The monoisotopic (exact) mass is 297 g/mol. The topological polar surface area (TPSA) is 105 Å². The van der Waals surface area contributed by atoms with Crippen molar-refractivity contribution in [2.24, 2.45) is 0 Å². The molecule has 7 heteroatoms. The van der Waals surface area contributed by atoms with Crippen molar-refractivity contribution in [1.29, 1.82) is 0 Å². The number of rotatable bonds is 8. The lowest BCUT2D eigenvalue weighted by Crippen LogP contribution is -2.43. The highest BCUT2D eigenvalue weighted by Gasteiger charge is 2.21. The van der Waals surface area contributed by atoms with Crippen LogP contribution in [-0.2, 0) is 16.0 Å². The van der Waals surface area contributed by atoms with Crippen molar-refractivity contribution in [2.75, 3.05) is 0 Å². The summed E-state index contributed by atoms with van der Waals surface area (Å²) >= 11 is 0. The van der Waals surface area contributed by atoms with Crippen molar-refractivity contribution in [3.05, 3.63) is 11.7 Å². The standard InChI is InChI=1S/C14H23N3O4/c1-9(2)13-15-11(21-17-13)6-5-10(18)16-14(3,4)8-7-12(19)20/h9H,5-8H2,1-4H3,(H,16,18)(H,19,20). The summed E-state index contributed by atoms with van der Waals surface area (Å²) in [5.41, 5.74) is -0.548. The summed E-state index contributed by atoms with van der Waals surface area (Å²) in [6.45, 7) is 7.54. The van der Waals surface area contributed by atoms with Crippen molar-refractivity contribution in [1.82, 2.24) is 15.5 Å². The minimum Gasteiger partial charge on any atom is -0.481 e. The Kier molecular flexibility index (Phi) is 5.87. The number of carboxylic acid groups (broad SMARTS) is 1. The Labute approximate surface area is 124 Å². The van der Waals surface area contributed by atoms with E-state index in [4.69, 9.17) is 9.63 Å². The Balaban J connectivity index is 2.40. The second-order valence-corrected chi connectivity index (χ2v) is 6.03. The van der Waals surface area contributed by atoms with E-state index in [2.05, 4.69) is 15.5 Å². The molecule has 0 unspecified atom stereocenters. The molecule has 0 saturated carbocycles. The van der Waals surface area contributed by atoms with Crippen LogP contribution in [0.25, 0.3) is 0 Å². The summed E-state index contributed by atoms with van der Waals surface area (Å²) in [7, 11) is 0. The highest BCUT2D eigenvalue weighted by molar-refractivity contribution is 5.77. The average Bonchev–Trinajstić information content (AvgIpc) is 2.82. The van der Waals surface area contributed by atoms with Crippen LogP contribution in [0, 0.1) is 0 Å². The molecule has 1 heterocycles. The van der Waals surface area contributed by atoms with Gasteiger partial charge in [0.25, 0.3) is 0 Å². The maximum atomic E-state index is 11.9. The molecule has 118 valence electrons. The number of carbonyl (C=O) groups is 2. The number of hydrogen-bond donors (Lipinski definition) is 2. The molecule has 0 aromatic carbocycles. The average molecular weight is 297 g/mol. The minimum absolute atomic E-state index is 0.0225. The molecular formula is C14H23N3O4. The van der Waals surface area contributed by atoms with Crippen molar-refractivity contribution < 1.29 is 19.2 Å². The maximum Gasteiger partial charge on any atom is 0.303 e. The van der Waals surface area contributed by atoms with Crippen LogP contribution in [-0.4, -0.2) is 32.7 Å². The van der Waals surface area contributed by atoms with Gasteiger partial charge in [-0.15, -0.1) is 0 Å². The summed E-state index contributed by atoms with van der Waals surface area (Å²) in [5.74, 6) is 0.231. The van der Waals surface area contributed by atoms with Crippen molar-refractivity contribution in [3.8, 4) is 0 Å². The molecule has 0 radical (unpaired) electrons. The van der Waals surface area contributed by atoms with Gasteiger partial charge in [-0.3, -0.25) is 9.59 Å². The van der Waals surface area contributed by atoms with Crippen LogP contribution in [0.4, 0.5) is 0 Å². The van der Waals surface area contributed by atoms with Gasteiger partial charge in [0.1, 0.15) is 0 Å². The smallest absolute Gasteiger partial charge is 0.303 e. The summed E-state index contributed by atoms with van der Waals surface area (Å²) in [4.78, 5) is 26.6. The first-order chi connectivity index (χ1) is 9.69. The number of carbonyl (C=O) groups excluding carboxylic acids is 1. The van der Waals surface area contributed by atoms with Crippen LogP contribution in [0.5, 0.6) is 0 Å². The second kappa shape index (κ2) is 7.19. The fourth-order valence-corrected chi connectivity index (χ4v) is 1.75. The zero-order chi connectivity index (χ0) is 16.0. The molecular weight excluding hydrogens is 274 g/mol. The molecule has 1 amide bonds. The van der Waals surface area contributed by atoms with Crippen LogP contribution in [0.15, 0.2) is 4.52 Å². The molecule has 0 fully saturated rings. The number of aliphatic carboxylic acids is 1. The van der Waals surface area contributed by atoms with Crippen molar-refractivity contribution in [2.45, 2.75) is 64.8 Å². The maximum absolute atomic E-state index is 11.9. The fraction of sp³-hybridized carbons (Fsp3) is 0.714. The molecule has 21 heavy (non-hydrogen) atoms. The number of carboxylic acids is 1. The fourth-order valence-electron chi connectivity index (χ4n) is 1.75. The van der Waals surface area contributed by atoms with Crippen LogP contribution in [0.1, 0.15) is 64.6 Å². The first-order valence-corrected chi connectivity index (χ1v) is 7.05. The molecule has 1 aromatic rings. The van der Waals surface area contributed by atoms with E-state index in [0.717, 1.165) is 0 Å². The van der Waals surface area contributed by atoms with Gasteiger partial charge in [0, 0.05) is 30.7 Å². The molecule has 0 bridgehead atoms. The summed E-state index contributed by atoms with van der Waals surface area (Å²) in [6, 6.07) is 0. The van der Waals surface area contributed by atoms with Gasteiger partial charge < -0.3 is 14.9 Å². The highest BCUT2D eigenvalue weighted by Crippen LogP contribution is 2.13. The molecule has 0 saturated heterocycles. The minimum atomic E-state index is -0.871. The Hall–Kier alpha value is -1.92. The molecule has 2 N–H and O–H groups in total. The number of aryl methyl sites for hydroxylation is 1. The van der Waals surface area contributed by atoms with Gasteiger partial charge >= 0.3 is 5.97 Å². The number of nitrogens with one attached hydrogen (secondary N) is 1. The summed E-state index contributed by atoms with van der Waals surface area (Å²) in [5, 5.41) is 15.3. The Morgan fingerprint density at radius 2 is 2.00 bits per heavy atom. The van der Waals surface area contributed by atoms with Gasteiger partial charge in [-0.05, 0) is 20.3 Å². The van der Waals surface area contributed by atoms with E-state index in [1.54, 1.807) is 13.8 Å². The van der Waals surface area contributed by atoms with Crippen molar-refractivity contribution >= 4 is 11.9 Å². The van der Waals surface area contributed by atoms with Gasteiger partial charge in [0.05, 0.1) is 0 Å². The van der Waals surface area contributed by atoms with Crippen LogP contribution in [0.3, 0.4) is 0 Å². The molecule has 7 nitrogen and oxygen atoms in total. The van der Waals surface area contributed by atoms with Gasteiger partial charge in [-0.2, -0.15) is 4.98 Å². The van der Waals surface area contributed by atoms with E-state index in [-0.39, 0.29) is 24.7 Å². The van der Waals surface area contributed by atoms with Gasteiger partial charge in [-0.1, -0.05) is 19.0 Å². The Bertz CT molecular complexity index is 494. The summed E-state index contributed by atoms with van der Waals surface area (Å²) in [6.07, 6.45) is 1.01. The van der Waals surface area contributed by atoms with E-state index in [0.29, 0.717) is 24.6 Å². The Morgan fingerprint density at radius 1 is 1.33 bits per heavy atom. The number of hydrogen-bond acceptors (Lipinski definition) is 5. The zero-order valence-corrected chi connectivity index (χ0v) is 13.0. The third-order valence-electron chi connectivity index (χ3n) is 3.01. The first kappa shape index (κ1) is 17.1. The summed E-state index contributed by atoms with van der Waals surface area (Å²) < 4.78 is 5.07. The highest BCUT2D eigenvalue weighted by atomic mass is 16.5. The van der Waals surface area contributed by atoms with Crippen LogP contribution < -0.4 is 5.32 Å². The van der Waals surface area contributed by atoms with Gasteiger partial charge in [0.15, 0.2) is 5.82 Å². The third kappa shape index (κ3) is 6.37. The molecule has 0 aliphatic carbocycles. The first-order valence-electron chi connectivity index (χ1n) is 7.05. The molecule has 1 aromatic heterocycles. The van der Waals surface area contributed by atoms with Gasteiger partial charge in [-0.25, -0.2) is 0 Å². The zero-order valence-electron chi connectivity index (χ0n) is 13.0. The molecule has 0 spiro atoms. The van der Waals surface area contributed by atoms with Gasteiger partial charge in [0.2, 0.25) is 11.8 Å². The van der Waals surface area contributed by atoms with Crippen molar-refractivity contribution in [3.63, 3.8) is 0 Å². The molecule has 0 aliphatic rings. The predicted octanol–water partition coefficient (Wildman–Crippen LogP) is 1.89. The largest absolute Gasteiger partial charge is 0.481 e. The van der Waals surface area contributed by atoms with Crippen LogP contribution in [0.2, 0.25) is 0 Å². The molecule has 0 atom stereocenters. The molecule has 1 rings (SSSR count). The predicted molar refractivity (Wildman–Crippen MR) is 75.8 cm³/mol. The normalized spacial score (nSPS) is 11.7. The lowest BCUT2D eigenvalue weighted by atomic mass is 9.98. The van der Waals surface area contributed by atoms with E-state index in [9.17, 15) is 9.59 Å². The van der Waals surface area contributed by atoms with Crippen LogP contribution >= 0.6 is 0 Å². The van der Waals surface area contributed by atoms with E-state index < -0.39 is 11.5 Å². The lowest BCUT2D eigenvalue weighted by Gasteiger charge is -2.25.